The summed E-state index contributed by atoms with van der Waals surface area (Å²) in [6, 6.07) is 12.1. The Kier molecular flexibility index (Phi) is 7.26. The van der Waals surface area contributed by atoms with Crippen molar-refractivity contribution in [3.05, 3.63) is 64.2 Å². The summed E-state index contributed by atoms with van der Waals surface area (Å²) in [4.78, 5) is 13.0. The minimum atomic E-state index is -3.66. The van der Waals surface area contributed by atoms with Crippen molar-refractivity contribution in [1.82, 2.24) is 9.62 Å². The van der Waals surface area contributed by atoms with Crippen molar-refractivity contribution >= 4 is 27.5 Å². The topological polar surface area (TPSA) is 66.5 Å². The minimum absolute atomic E-state index is 0.0282. The van der Waals surface area contributed by atoms with Gasteiger partial charge in [0, 0.05) is 14.1 Å². The van der Waals surface area contributed by atoms with Crippen LogP contribution in [0, 0.1) is 5.92 Å². The van der Waals surface area contributed by atoms with Gasteiger partial charge in [0.25, 0.3) is 5.91 Å². The Balaban J connectivity index is 2.35. The Morgan fingerprint density at radius 2 is 1.71 bits per heavy atom. The molecule has 0 fully saturated rings. The molecule has 0 radical (unpaired) electrons. The van der Waals surface area contributed by atoms with Crippen molar-refractivity contribution in [3.8, 4) is 0 Å². The van der Waals surface area contributed by atoms with Gasteiger partial charge >= 0.3 is 0 Å². The van der Waals surface area contributed by atoms with Gasteiger partial charge in [0.2, 0.25) is 10.0 Å². The summed E-state index contributed by atoms with van der Waals surface area (Å²) in [5, 5.41) is 3.21. The van der Waals surface area contributed by atoms with Gasteiger partial charge in [0.15, 0.2) is 0 Å². The first-order chi connectivity index (χ1) is 13.1. The van der Waals surface area contributed by atoms with Gasteiger partial charge in [-0.3, -0.25) is 4.79 Å². The number of aryl methyl sites for hydroxylation is 1. The van der Waals surface area contributed by atoms with Crippen molar-refractivity contribution < 1.29 is 13.2 Å². The molecule has 1 N–H and O–H groups in total. The zero-order valence-corrected chi connectivity index (χ0v) is 18.4. The van der Waals surface area contributed by atoms with Gasteiger partial charge in [-0.25, -0.2) is 12.7 Å². The van der Waals surface area contributed by atoms with E-state index in [4.69, 9.17) is 11.6 Å². The number of benzene rings is 2. The molecular weight excluding hydrogens is 396 g/mol. The third-order valence-corrected chi connectivity index (χ3v) is 6.80. The predicted molar refractivity (Wildman–Crippen MR) is 113 cm³/mol. The summed E-state index contributed by atoms with van der Waals surface area (Å²) in [7, 11) is -0.774. The molecule has 0 bridgehead atoms. The van der Waals surface area contributed by atoms with Crippen LogP contribution in [0.3, 0.4) is 0 Å². The number of halogens is 1. The smallest absolute Gasteiger partial charge is 0.253 e. The number of nitrogens with one attached hydrogen (secondary N) is 1. The fraction of sp³-hybridized carbons (Fsp3) is 0.381. The van der Waals surface area contributed by atoms with E-state index in [1.54, 1.807) is 0 Å². The van der Waals surface area contributed by atoms with Crippen LogP contribution in [-0.2, 0) is 16.4 Å². The maximum atomic E-state index is 12.9. The molecule has 2 aromatic carbocycles. The number of carbonyl (C=O) groups is 1. The lowest BCUT2D eigenvalue weighted by atomic mass is 9.94. The molecule has 0 spiro atoms. The zero-order chi connectivity index (χ0) is 21.1. The highest BCUT2D eigenvalue weighted by atomic mass is 35.5. The zero-order valence-electron chi connectivity index (χ0n) is 16.9. The van der Waals surface area contributed by atoms with Gasteiger partial charge < -0.3 is 5.32 Å². The lowest BCUT2D eigenvalue weighted by Gasteiger charge is -2.24. The summed E-state index contributed by atoms with van der Waals surface area (Å²) in [5.74, 6) is -0.261. The van der Waals surface area contributed by atoms with Gasteiger partial charge in [-0.05, 0) is 41.7 Å². The van der Waals surface area contributed by atoms with E-state index in [1.807, 2.05) is 38.1 Å². The molecule has 2 aromatic rings. The molecule has 7 heteroatoms. The molecule has 5 nitrogen and oxygen atoms in total. The molecule has 0 aromatic heterocycles. The van der Waals surface area contributed by atoms with E-state index in [0.717, 1.165) is 16.3 Å². The van der Waals surface area contributed by atoms with Crippen LogP contribution in [0.4, 0.5) is 0 Å². The third-order valence-electron chi connectivity index (χ3n) is 4.66. The first-order valence-electron chi connectivity index (χ1n) is 9.19. The number of hydrogen-bond donors (Lipinski definition) is 1. The van der Waals surface area contributed by atoms with Gasteiger partial charge in [0.1, 0.15) is 0 Å². The van der Waals surface area contributed by atoms with Crippen LogP contribution >= 0.6 is 11.6 Å². The molecular formula is C21H27ClN2O3S. The average Bonchev–Trinajstić information content (AvgIpc) is 2.65. The Labute approximate surface area is 172 Å². The number of amides is 1. The van der Waals surface area contributed by atoms with Crippen LogP contribution < -0.4 is 5.32 Å². The molecule has 0 saturated heterocycles. The summed E-state index contributed by atoms with van der Waals surface area (Å²) in [6.07, 6.45) is 0.946. The minimum Gasteiger partial charge on any atom is -0.345 e. The van der Waals surface area contributed by atoms with E-state index in [-0.39, 0.29) is 27.4 Å². The quantitative estimate of drug-likeness (QED) is 0.724. The summed E-state index contributed by atoms with van der Waals surface area (Å²) in [5.41, 5.74) is 2.36. The third kappa shape index (κ3) is 4.93. The Morgan fingerprint density at radius 3 is 2.21 bits per heavy atom. The first kappa shape index (κ1) is 22.4. The highest BCUT2D eigenvalue weighted by Gasteiger charge is 2.24. The molecule has 0 heterocycles. The monoisotopic (exact) mass is 422 g/mol. The molecule has 2 rings (SSSR count). The summed E-state index contributed by atoms with van der Waals surface area (Å²) in [6.45, 7) is 6.13. The fourth-order valence-electron chi connectivity index (χ4n) is 2.86. The van der Waals surface area contributed by atoms with Crippen molar-refractivity contribution in [3.63, 3.8) is 0 Å². The van der Waals surface area contributed by atoms with E-state index in [9.17, 15) is 13.2 Å². The lowest BCUT2D eigenvalue weighted by Crippen LogP contribution is -2.32. The van der Waals surface area contributed by atoms with Crippen molar-refractivity contribution in [1.29, 1.82) is 0 Å². The highest BCUT2D eigenvalue weighted by Crippen LogP contribution is 2.26. The number of hydrogen-bond acceptors (Lipinski definition) is 3. The number of nitrogens with zero attached hydrogens (tertiary/aromatic N) is 1. The van der Waals surface area contributed by atoms with Gasteiger partial charge in [0.05, 0.1) is 21.5 Å². The standard InChI is InChI=1S/C21H27ClN2O3S/c1-6-15-7-9-16(10-8-15)20(14(2)3)23-21(25)18-13-17(11-12-19(18)22)28(26,27)24(4)5/h7-14,20H,6H2,1-5H3,(H,23,25)/t20-/m1/s1. The summed E-state index contributed by atoms with van der Waals surface area (Å²) < 4.78 is 25.9. The van der Waals surface area contributed by atoms with Gasteiger partial charge in [-0.2, -0.15) is 0 Å². The molecule has 1 atom stereocenters. The molecule has 1 amide bonds. The molecule has 28 heavy (non-hydrogen) atoms. The predicted octanol–water partition coefficient (Wildman–Crippen LogP) is 4.28. The fourth-order valence-corrected chi connectivity index (χ4v) is 4.00. The normalized spacial score (nSPS) is 13.0. The second-order valence-corrected chi connectivity index (χ2v) is 9.78. The average molecular weight is 423 g/mol. The van der Waals surface area contributed by atoms with Gasteiger partial charge in [-0.1, -0.05) is 56.6 Å². The van der Waals surface area contributed by atoms with Crippen LogP contribution in [0.5, 0.6) is 0 Å². The second kappa shape index (κ2) is 9.07. The molecule has 0 unspecified atom stereocenters. The van der Waals surface area contributed by atoms with Crippen LogP contribution in [0.1, 0.15) is 48.3 Å². The van der Waals surface area contributed by atoms with Crippen LogP contribution in [0.25, 0.3) is 0 Å². The van der Waals surface area contributed by atoms with Crippen LogP contribution in [-0.4, -0.2) is 32.7 Å². The van der Waals surface area contributed by atoms with E-state index in [0.29, 0.717) is 0 Å². The first-order valence-corrected chi connectivity index (χ1v) is 11.0. The Morgan fingerprint density at radius 1 is 1.11 bits per heavy atom. The van der Waals surface area contributed by atoms with Crippen LogP contribution in [0.2, 0.25) is 5.02 Å². The maximum absolute atomic E-state index is 12.9. The molecule has 152 valence electrons. The molecule has 0 aliphatic rings. The van der Waals surface area contributed by atoms with E-state index < -0.39 is 15.9 Å². The van der Waals surface area contributed by atoms with E-state index >= 15 is 0 Å². The largest absolute Gasteiger partial charge is 0.345 e. The van der Waals surface area contributed by atoms with Crippen molar-refractivity contribution in [2.45, 2.75) is 38.1 Å². The Hall–Kier alpha value is -1.89. The second-order valence-electron chi connectivity index (χ2n) is 7.22. The van der Waals surface area contributed by atoms with Crippen molar-refractivity contribution in [2.75, 3.05) is 14.1 Å². The number of rotatable bonds is 7. The van der Waals surface area contributed by atoms with E-state index in [1.165, 1.54) is 37.9 Å². The van der Waals surface area contributed by atoms with Crippen molar-refractivity contribution in [2.24, 2.45) is 5.92 Å². The van der Waals surface area contributed by atoms with Gasteiger partial charge in [-0.15, -0.1) is 0 Å². The lowest BCUT2D eigenvalue weighted by molar-refractivity contribution is 0.0925. The van der Waals surface area contributed by atoms with Crippen LogP contribution in [0.15, 0.2) is 47.4 Å². The number of sulfonamides is 1. The molecule has 0 saturated carbocycles. The number of carbonyl (C=O) groups excluding carboxylic acids is 1. The molecule has 0 aliphatic heterocycles. The highest BCUT2D eigenvalue weighted by molar-refractivity contribution is 7.89. The SMILES string of the molecule is CCc1ccc([C@H](NC(=O)c2cc(S(=O)(=O)N(C)C)ccc2Cl)C(C)C)cc1. The maximum Gasteiger partial charge on any atom is 0.253 e. The summed E-state index contributed by atoms with van der Waals surface area (Å²) >= 11 is 6.20. The Bertz CT molecular complexity index is 939. The molecule has 0 aliphatic carbocycles. The van der Waals surface area contributed by atoms with E-state index in [2.05, 4.69) is 12.2 Å².